The molecule has 0 atom stereocenters. The minimum atomic E-state index is -0.306. The first-order chi connectivity index (χ1) is 14.2. The predicted octanol–water partition coefficient (Wildman–Crippen LogP) is 4.19. The fourth-order valence-corrected chi connectivity index (χ4v) is 3.00. The van der Waals surface area contributed by atoms with Crippen molar-refractivity contribution in [2.45, 2.75) is 13.2 Å². The average molecular weight is 411 g/mol. The molecule has 3 aromatic carbocycles. The number of hydrogen-bond acceptors (Lipinski definition) is 4. The fraction of sp³-hybridized carbons (Fsp3) is 0.174. The number of ether oxygens (including phenoxy) is 2. The Morgan fingerprint density at radius 1 is 0.862 bits per heavy atom. The molecule has 1 amide bonds. The molecule has 0 aliphatic rings. The Balaban J connectivity index is 1.84. The zero-order valence-electron chi connectivity index (χ0n) is 15.9. The van der Waals surface area contributed by atoms with Gasteiger partial charge in [0.1, 0.15) is 13.2 Å². The molecule has 3 N–H and O–H groups in total. The Bertz CT molecular complexity index is 934. The van der Waals surface area contributed by atoms with E-state index in [0.29, 0.717) is 43.4 Å². The van der Waals surface area contributed by atoms with Crippen LogP contribution in [0.2, 0.25) is 5.02 Å². The predicted molar refractivity (Wildman–Crippen MR) is 114 cm³/mol. The fourth-order valence-electron chi connectivity index (χ4n) is 2.71. The zero-order valence-corrected chi connectivity index (χ0v) is 16.7. The van der Waals surface area contributed by atoms with Crippen LogP contribution in [0.25, 0.3) is 0 Å². The summed E-state index contributed by atoms with van der Waals surface area (Å²) in [7, 11) is 0. The van der Waals surface area contributed by atoms with E-state index in [1.54, 1.807) is 12.1 Å². The first-order valence-corrected chi connectivity index (χ1v) is 9.71. The summed E-state index contributed by atoms with van der Waals surface area (Å²) < 4.78 is 11.9. The maximum atomic E-state index is 12.4. The SMILES string of the molecule is NCCNC(=O)c1ccc(OCc2ccccc2)c(OCc2ccccc2)c1Cl. The van der Waals surface area contributed by atoms with E-state index in [1.165, 1.54) is 0 Å². The number of nitrogens with two attached hydrogens (primary N) is 1. The quantitative estimate of drug-likeness (QED) is 0.554. The van der Waals surface area contributed by atoms with Gasteiger partial charge in [0.2, 0.25) is 0 Å². The Hall–Kier alpha value is -3.02. The third-order valence-electron chi connectivity index (χ3n) is 4.20. The molecule has 0 saturated carbocycles. The first kappa shape index (κ1) is 20.7. The van der Waals surface area contributed by atoms with Crippen molar-refractivity contribution in [3.63, 3.8) is 0 Å². The lowest BCUT2D eigenvalue weighted by Gasteiger charge is -2.16. The second-order valence-electron chi connectivity index (χ2n) is 6.35. The number of nitrogens with one attached hydrogen (secondary N) is 1. The molecule has 0 aromatic heterocycles. The number of hydrogen-bond donors (Lipinski definition) is 2. The molecule has 0 aliphatic carbocycles. The second kappa shape index (κ2) is 10.5. The molecule has 0 saturated heterocycles. The van der Waals surface area contributed by atoms with Gasteiger partial charge in [-0.2, -0.15) is 0 Å². The van der Waals surface area contributed by atoms with Crippen LogP contribution in [0.3, 0.4) is 0 Å². The highest BCUT2D eigenvalue weighted by Crippen LogP contribution is 2.38. The molecule has 6 heteroatoms. The van der Waals surface area contributed by atoms with Crippen LogP contribution in [0.15, 0.2) is 72.8 Å². The Labute approximate surface area is 175 Å². The van der Waals surface area contributed by atoms with Gasteiger partial charge in [0, 0.05) is 13.1 Å². The Morgan fingerprint density at radius 3 is 2.03 bits per heavy atom. The summed E-state index contributed by atoms with van der Waals surface area (Å²) in [6, 6.07) is 22.8. The van der Waals surface area contributed by atoms with Gasteiger partial charge in [-0.05, 0) is 23.3 Å². The normalized spacial score (nSPS) is 10.4. The Kier molecular flexibility index (Phi) is 7.50. The average Bonchev–Trinajstić information content (AvgIpc) is 2.76. The largest absolute Gasteiger partial charge is 0.485 e. The van der Waals surface area contributed by atoms with Gasteiger partial charge in [-0.15, -0.1) is 0 Å². The van der Waals surface area contributed by atoms with Crippen LogP contribution in [0.1, 0.15) is 21.5 Å². The molecule has 0 fully saturated rings. The highest BCUT2D eigenvalue weighted by Gasteiger charge is 2.19. The van der Waals surface area contributed by atoms with Gasteiger partial charge in [-0.25, -0.2) is 0 Å². The monoisotopic (exact) mass is 410 g/mol. The van der Waals surface area contributed by atoms with E-state index in [0.717, 1.165) is 11.1 Å². The molecule has 29 heavy (non-hydrogen) atoms. The summed E-state index contributed by atoms with van der Waals surface area (Å²) in [5.41, 5.74) is 7.77. The molecule has 0 radical (unpaired) electrons. The summed E-state index contributed by atoms with van der Waals surface area (Å²) in [5.74, 6) is 0.511. The van der Waals surface area contributed by atoms with Crippen molar-refractivity contribution < 1.29 is 14.3 Å². The van der Waals surface area contributed by atoms with Gasteiger partial charge in [-0.3, -0.25) is 4.79 Å². The van der Waals surface area contributed by atoms with Crippen molar-refractivity contribution in [2.75, 3.05) is 13.1 Å². The lowest BCUT2D eigenvalue weighted by molar-refractivity contribution is 0.0954. The maximum Gasteiger partial charge on any atom is 0.252 e. The van der Waals surface area contributed by atoms with Crippen LogP contribution < -0.4 is 20.5 Å². The molecule has 3 rings (SSSR count). The number of carbonyl (C=O) groups is 1. The van der Waals surface area contributed by atoms with Crippen molar-refractivity contribution in [3.8, 4) is 11.5 Å². The van der Waals surface area contributed by atoms with Crippen LogP contribution in [-0.4, -0.2) is 19.0 Å². The van der Waals surface area contributed by atoms with Crippen LogP contribution in [-0.2, 0) is 13.2 Å². The van der Waals surface area contributed by atoms with Crippen LogP contribution in [0.4, 0.5) is 0 Å². The van der Waals surface area contributed by atoms with Crippen LogP contribution >= 0.6 is 11.6 Å². The van der Waals surface area contributed by atoms with Crippen molar-refractivity contribution in [1.82, 2.24) is 5.32 Å². The lowest BCUT2D eigenvalue weighted by atomic mass is 10.1. The van der Waals surface area contributed by atoms with Gasteiger partial charge >= 0.3 is 0 Å². The summed E-state index contributed by atoms with van der Waals surface area (Å²) in [4.78, 5) is 12.4. The van der Waals surface area contributed by atoms with Crippen molar-refractivity contribution >= 4 is 17.5 Å². The van der Waals surface area contributed by atoms with Gasteiger partial charge < -0.3 is 20.5 Å². The second-order valence-corrected chi connectivity index (χ2v) is 6.73. The maximum absolute atomic E-state index is 12.4. The molecule has 0 spiro atoms. The summed E-state index contributed by atoms with van der Waals surface area (Å²) in [6.45, 7) is 1.37. The number of rotatable bonds is 9. The molecular weight excluding hydrogens is 388 g/mol. The minimum absolute atomic E-state index is 0.209. The van der Waals surface area contributed by atoms with Crippen LogP contribution in [0.5, 0.6) is 11.5 Å². The summed E-state index contributed by atoms with van der Waals surface area (Å²) in [5, 5.41) is 2.93. The van der Waals surface area contributed by atoms with E-state index in [2.05, 4.69) is 5.32 Å². The van der Waals surface area contributed by atoms with Crippen LogP contribution in [0, 0.1) is 0 Å². The zero-order chi connectivity index (χ0) is 20.5. The summed E-state index contributed by atoms with van der Waals surface area (Å²) in [6.07, 6.45) is 0. The molecular formula is C23H23ClN2O3. The standard InChI is InChI=1S/C23H23ClN2O3/c24-21-19(23(27)26-14-13-25)11-12-20(28-15-17-7-3-1-4-8-17)22(21)29-16-18-9-5-2-6-10-18/h1-12H,13-16,25H2,(H,26,27). The summed E-state index contributed by atoms with van der Waals surface area (Å²) >= 11 is 6.54. The molecule has 3 aromatic rings. The number of benzene rings is 3. The topological polar surface area (TPSA) is 73.6 Å². The molecule has 5 nitrogen and oxygen atoms in total. The van der Waals surface area contributed by atoms with Gasteiger partial charge in [0.25, 0.3) is 5.91 Å². The van der Waals surface area contributed by atoms with Gasteiger partial charge in [0.05, 0.1) is 10.6 Å². The number of amides is 1. The van der Waals surface area contributed by atoms with Gasteiger partial charge in [-0.1, -0.05) is 72.3 Å². The third kappa shape index (κ3) is 5.73. The Morgan fingerprint density at radius 2 is 1.45 bits per heavy atom. The smallest absolute Gasteiger partial charge is 0.252 e. The van der Waals surface area contributed by atoms with Crippen molar-refractivity contribution in [2.24, 2.45) is 5.73 Å². The van der Waals surface area contributed by atoms with E-state index in [-0.39, 0.29) is 10.9 Å². The minimum Gasteiger partial charge on any atom is -0.485 e. The molecule has 0 bridgehead atoms. The van der Waals surface area contributed by atoms with E-state index in [9.17, 15) is 4.79 Å². The molecule has 0 heterocycles. The van der Waals surface area contributed by atoms with Gasteiger partial charge in [0.15, 0.2) is 11.5 Å². The highest BCUT2D eigenvalue weighted by molar-refractivity contribution is 6.35. The van der Waals surface area contributed by atoms with Crippen molar-refractivity contribution in [1.29, 1.82) is 0 Å². The number of halogens is 1. The highest BCUT2D eigenvalue weighted by atomic mass is 35.5. The molecule has 150 valence electrons. The van der Waals surface area contributed by atoms with E-state index >= 15 is 0 Å². The molecule has 0 aliphatic heterocycles. The first-order valence-electron chi connectivity index (χ1n) is 9.33. The molecule has 0 unspecified atom stereocenters. The van der Waals surface area contributed by atoms with E-state index < -0.39 is 0 Å². The number of carbonyl (C=O) groups excluding carboxylic acids is 1. The van der Waals surface area contributed by atoms with Crippen molar-refractivity contribution in [3.05, 3.63) is 94.5 Å². The third-order valence-corrected chi connectivity index (χ3v) is 4.57. The van der Waals surface area contributed by atoms with E-state index in [4.69, 9.17) is 26.8 Å². The lowest BCUT2D eigenvalue weighted by Crippen LogP contribution is -2.29. The van der Waals surface area contributed by atoms with E-state index in [1.807, 2.05) is 60.7 Å².